The van der Waals surface area contributed by atoms with Gasteiger partial charge in [-0.1, -0.05) is 68.4 Å². The minimum absolute atomic E-state index is 0.0357. The molecule has 0 saturated carbocycles. The van der Waals surface area contributed by atoms with Gasteiger partial charge in [0.2, 0.25) is 0 Å². The van der Waals surface area contributed by atoms with Crippen molar-refractivity contribution in [3.05, 3.63) is 18.2 Å². The van der Waals surface area contributed by atoms with Crippen molar-refractivity contribution in [3.8, 4) is 11.5 Å². The summed E-state index contributed by atoms with van der Waals surface area (Å²) in [5.41, 5.74) is -0.284. The van der Waals surface area contributed by atoms with Crippen LogP contribution in [-0.4, -0.2) is 28.2 Å². The first-order valence-corrected chi connectivity index (χ1v) is 12.1. The Morgan fingerprint density at radius 3 is 1.92 bits per heavy atom. The first-order chi connectivity index (χ1) is 11.2. The van der Waals surface area contributed by atoms with Crippen molar-refractivity contribution in [2.45, 2.75) is 83.4 Å². The molecule has 0 radical (unpaired) electrons. The van der Waals surface area contributed by atoms with Gasteiger partial charge in [0, 0.05) is 10.3 Å². The van der Waals surface area contributed by atoms with Gasteiger partial charge >= 0.3 is 0 Å². The largest absolute Gasteiger partial charge is 0.496 e. The van der Waals surface area contributed by atoms with Gasteiger partial charge in [0.15, 0.2) is 5.59 Å². The van der Waals surface area contributed by atoms with Gasteiger partial charge in [-0.15, -0.1) is 0 Å². The van der Waals surface area contributed by atoms with Crippen LogP contribution >= 0.6 is 15.1 Å². The molecule has 2 rings (SSSR count). The zero-order chi connectivity index (χ0) is 19.4. The molecular weight excluding hydrogens is 350 g/mol. The van der Waals surface area contributed by atoms with Crippen molar-refractivity contribution in [1.82, 2.24) is 0 Å². The van der Waals surface area contributed by atoms with E-state index >= 15 is 0 Å². The molecule has 0 bridgehead atoms. The maximum atomic E-state index is 14.6. The second-order valence-corrected chi connectivity index (χ2v) is 17.7. The molecule has 25 heavy (non-hydrogen) atoms. The molecule has 1 aromatic rings. The van der Waals surface area contributed by atoms with Crippen LogP contribution in [0.2, 0.25) is 0 Å². The average molecular weight is 384 g/mol. The molecule has 1 aliphatic rings. The first kappa shape index (κ1) is 20.8. The van der Waals surface area contributed by atoms with E-state index in [4.69, 9.17) is 9.47 Å². The first-order valence-electron chi connectivity index (χ1n) is 8.89. The molecule has 1 aliphatic heterocycles. The van der Waals surface area contributed by atoms with Crippen molar-refractivity contribution in [2.75, 3.05) is 7.11 Å². The summed E-state index contributed by atoms with van der Waals surface area (Å²) in [6.07, 6.45) is 0. The number of methoxy groups -OCH3 is 1. The zero-order valence-corrected chi connectivity index (χ0v) is 19.2. The SMILES string of the molecule is COc1cccc2c1P(C(C)(C)C)[C@@H](P(=O)(C(C)(C)C)C(C)(C)C)O2. The van der Waals surface area contributed by atoms with E-state index in [-0.39, 0.29) is 21.1 Å². The van der Waals surface area contributed by atoms with Crippen molar-refractivity contribution in [3.63, 3.8) is 0 Å². The molecule has 2 atom stereocenters. The summed E-state index contributed by atoms with van der Waals surface area (Å²) >= 11 is 0. The molecule has 0 aromatic heterocycles. The molecule has 0 aliphatic carbocycles. The van der Waals surface area contributed by atoms with Crippen molar-refractivity contribution in [1.29, 1.82) is 0 Å². The summed E-state index contributed by atoms with van der Waals surface area (Å²) in [6.45, 7) is 19.3. The van der Waals surface area contributed by atoms with Crippen LogP contribution in [0.4, 0.5) is 0 Å². The van der Waals surface area contributed by atoms with E-state index in [9.17, 15) is 4.57 Å². The molecule has 0 N–H and O–H groups in total. The van der Waals surface area contributed by atoms with Crippen LogP contribution in [0.1, 0.15) is 62.3 Å². The quantitative estimate of drug-likeness (QED) is 0.567. The van der Waals surface area contributed by atoms with E-state index < -0.39 is 15.1 Å². The van der Waals surface area contributed by atoms with Crippen LogP contribution in [0, 0.1) is 0 Å². The summed E-state index contributed by atoms with van der Waals surface area (Å²) < 4.78 is 26.8. The van der Waals surface area contributed by atoms with E-state index in [0.29, 0.717) is 0 Å². The third kappa shape index (κ3) is 3.28. The standard InChI is InChI=1S/C20H34O3P2/c1-18(2,3)24-16-14(22-10)12-11-13-15(16)23-17(24)25(21,19(4,5)6)20(7,8)9/h11-13,17H,1-10H3/t17-,24?/m0/s1. The third-order valence-electron chi connectivity index (χ3n) is 4.90. The molecule has 5 heteroatoms. The van der Waals surface area contributed by atoms with Gasteiger partial charge in [-0.2, -0.15) is 0 Å². The molecular formula is C20H34O3P2. The Balaban J connectivity index is 2.76. The van der Waals surface area contributed by atoms with Crippen molar-refractivity contribution < 1.29 is 14.0 Å². The molecule has 0 spiro atoms. The van der Waals surface area contributed by atoms with E-state index in [1.54, 1.807) is 7.11 Å². The third-order valence-corrected chi connectivity index (χ3v) is 14.2. The summed E-state index contributed by atoms with van der Waals surface area (Å²) in [7, 11) is -1.87. The Bertz CT molecular complexity index is 672. The Morgan fingerprint density at radius 2 is 1.52 bits per heavy atom. The molecule has 1 heterocycles. The van der Waals surface area contributed by atoms with Crippen LogP contribution in [-0.2, 0) is 4.57 Å². The predicted octanol–water partition coefficient (Wildman–Crippen LogP) is 6.24. The van der Waals surface area contributed by atoms with E-state index in [2.05, 4.69) is 62.3 Å². The number of hydrogen-bond acceptors (Lipinski definition) is 3. The van der Waals surface area contributed by atoms with Gasteiger partial charge in [0.1, 0.15) is 18.6 Å². The number of rotatable bonds is 2. The second-order valence-electron chi connectivity index (χ2n) is 9.79. The lowest BCUT2D eigenvalue weighted by atomic mass is 10.2. The molecule has 1 aromatic carbocycles. The normalized spacial score (nSPS) is 21.7. The summed E-state index contributed by atoms with van der Waals surface area (Å²) in [5, 5.41) is 0.423. The van der Waals surface area contributed by atoms with E-state index in [1.165, 1.54) is 0 Å². The maximum Gasteiger partial charge on any atom is 0.174 e. The lowest BCUT2D eigenvalue weighted by Gasteiger charge is -2.47. The molecule has 142 valence electrons. The minimum Gasteiger partial charge on any atom is -0.496 e. The molecule has 0 fully saturated rings. The van der Waals surface area contributed by atoms with E-state index in [1.807, 2.05) is 18.2 Å². The minimum atomic E-state index is -2.75. The van der Waals surface area contributed by atoms with Gasteiger partial charge in [-0.3, -0.25) is 0 Å². The van der Waals surface area contributed by atoms with Crippen LogP contribution in [0.3, 0.4) is 0 Å². The highest BCUT2D eigenvalue weighted by atomic mass is 31.2. The number of fused-ring (bicyclic) bond motifs is 1. The Hall–Kier alpha value is -0.520. The lowest BCUT2D eigenvalue weighted by molar-refractivity contribution is 0.340. The monoisotopic (exact) mass is 384 g/mol. The fourth-order valence-corrected chi connectivity index (χ4v) is 14.8. The predicted molar refractivity (Wildman–Crippen MR) is 111 cm³/mol. The molecule has 0 amide bonds. The number of benzene rings is 1. The Morgan fingerprint density at radius 1 is 1.00 bits per heavy atom. The highest BCUT2D eigenvalue weighted by molar-refractivity contribution is 7.84. The van der Waals surface area contributed by atoms with Gasteiger partial charge in [0.25, 0.3) is 0 Å². The topological polar surface area (TPSA) is 35.5 Å². The van der Waals surface area contributed by atoms with Crippen molar-refractivity contribution in [2.24, 2.45) is 0 Å². The Kier molecular flexibility index (Phi) is 5.22. The van der Waals surface area contributed by atoms with Crippen LogP contribution in [0.5, 0.6) is 11.5 Å². The molecule has 3 nitrogen and oxygen atoms in total. The summed E-state index contributed by atoms with van der Waals surface area (Å²) in [4.78, 5) is 0. The second kappa shape index (κ2) is 6.28. The van der Waals surface area contributed by atoms with Gasteiger partial charge in [0.05, 0.1) is 12.4 Å². The highest BCUT2D eigenvalue weighted by Gasteiger charge is 2.60. The summed E-state index contributed by atoms with van der Waals surface area (Å²) in [6, 6.07) is 5.94. The maximum absolute atomic E-state index is 14.6. The fraction of sp³-hybridized carbons (Fsp3) is 0.700. The van der Waals surface area contributed by atoms with Crippen molar-refractivity contribution >= 4 is 20.4 Å². The van der Waals surface area contributed by atoms with Crippen LogP contribution in [0.15, 0.2) is 18.2 Å². The molecule has 0 saturated heterocycles. The van der Waals surface area contributed by atoms with E-state index in [0.717, 1.165) is 16.8 Å². The fourth-order valence-electron chi connectivity index (χ4n) is 3.85. The van der Waals surface area contributed by atoms with Gasteiger partial charge in [-0.05, 0) is 25.2 Å². The van der Waals surface area contributed by atoms with Crippen LogP contribution < -0.4 is 14.8 Å². The average Bonchev–Trinajstić information content (AvgIpc) is 2.83. The Labute approximate surface area is 155 Å². The smallest absolute Gasteiger partial charge is 0.174 e. The van der Waals surface area contributed by atoms with Gasteiger partial charge < -0.3 is 14.0 Å². The zero-order valence-electron chi connectivity index (χ0n) is 17.4. The number of ether oxygens (including phenoxy) is 2. The molecule has 1 unspecified atom stereocenters. The number of hydrogen-bond donors (Lipinski definition) is 0. The highest BCUT2D eigenvalue weighted by Crippen LogP contribution is 2.80. The lowest BCUT2D eigenvalue weighted by Crippen LogP contribution is -2.38. The summed E-state index contributed by atoms with van der Waals surface area (Å²) in [5.74, 6) is 1.70. The van der Waals surface area contributed by atoms with Crippen LogP contribution in [0.25, 0.3) is 0 Å². The van der Waals surface area contributed by atoms with Gasteiger partial charge in [-0.25, -0.2) is 0 Å².